The van der Waals surface area contributed by atoms with E-state index in [-0.39, 0.29) is 0 Å². The molecule has 0 spiro atoms. The minimum Gasteiger partial charge on any atom is -0.362 e. The molecule has 1 aliphatic heterocycles. The zero-order valence-corrected chi connectivity index (χ0v) is 11.0. The normalized spacial score (nSPS) is 19.4. The van der Waals surface area contributed by atoms with E-state index in [0.29, 0.717) is 6.04 Å². The predicted molar refractivity (Wildman–Crippen MR) is 80.3 cm³/mol. The average molecular weight is 251 g/mol. The van der Waals surface area contributed by atoms with Gasteiger partial charge in [0.05, 0.1) is 6.04 Å². The predicted octanol–water partition coefficient (Wildman–Crippen LogP) is 3.02. The second-order valence-corrected chi connectivity index (χ2v) is 4.95. The lowest BCUT2D eigenvalue weighted by molar-refractivity contribution is 0.489. The first-order valence-electron chi connectivity index (χ1n) is 6.79. The van der Waals surface area contributed by atoms with Crippen molar-refractivity contribution >= 4 is 5.69 Å². The molecule has 2 heteroatoms. The van der Waals surface area contributed by atoms with Crippen molar-refractivity contribution in [2.24, 2.45) is 0 Å². The highest BCUT2D eigenvalue weighted by Crippen LogP contribution is 2.30. The number of benzene rings is 2. The second kappa shape index (κ2) is 5.45. The number of anilines is 1. The highest BCUT2D eigenvalue weighted by atomic mass is 15.2. The van der Waals surface area contributed by atoms with E-state index in [1.165, 1.54) is 11.3 Å². The van der Waals surface area contributed by atoms with Gasteiger partial charge >= 0.3 is 0 Å². The first-order chi connectivity index (χ1) is 9.36. The van der Waals surface area contributed by atoms with Crippen molar-refractivity contribution in [3.05, 3.63) is 72.6 Å². The van der Waals surface area contributed by atoms with Crippen LogP contribution in [0.25, 0.3) is 0 Å². The maximum Gasteiger partial charge on any atom is 0.0667 e. The van der Waals surface area contributed by atoms with Gasteiger partial charge in [-0.15, -0.1) is 0 Å². The Morgan fingerprint density at radius 3 is 2.53 bits per heavy atom. The maximum atomic E-state index is 4.16. The summed E-state index contributed by atoms with van der Waals surface area (Å²) in [6, 6.07) is 19.5. The van der Waals surface area contributed by atoms with Crippen LogP contribution in [0.2, 0.25) is 0 Å². The molecule has 1 atom stereocenters. The van der Waals surface area contributed by atoms with Gasteiger partial charge in [0.2, 0.25) is 0 Å². The minimum atomic E-state index is 0.387. The van der Waals surface area contributed by atoms with Crippen LogP contribution >= 0.6 is 0 Å². The van der Waals surface area contributed by atoms with Gasteiger partial charge in [0.25, 0.3) is 0 Å². The molecule has 3 rings (SSSR count). The van der Waals surface area contributed by atoms with Crippen LogP contribution in [0.1, 0.15) is 17.2 Å². The SMILES string of the molecule is [CH2]c1ccccc1N1CCNCC1c1ccccc1. The van der Waals surface area contributed by atoms with Crippen LogP contribution in [0.5, 0.6) is 0 Å². The third-order valence-electron chi connectivity index (χ3n) is 3.73. The fraction of sp³-hybridized carbons (Fsp3) is 0.235. The fourth-order valence-electron chi connectivity index (χ4n) is 2.76. The van der Waals surface area contributed by atoms with Crippen molar-refractivity contribution < 1.29 is 0 Å². The molecule has 1 heterocycles. The van der Waals surface area contributed by atoms with Gasteiger partial charge in [-0.3, -0.25) is 0 Å². The van der Waals surface area contributed by atoms with E-state index in [1.54, 1.807) is 0 Å². The summed E-state index contributed by atoms with van der Waals surface area (Å²) < 4.78 is 0. The van der Waals surface area contributed by atoms with Gasteiger partial charge in [-0.05, 0) is 24.1 Å². The highest BCUT2D eigenvalue weighted by molar-refractivity contribution is 5.57. The van der Waals surface area contributed by atoms with Crippen LogP contribution in [-0.4, -0.2) is 19.6 Å². The smallest absolute Gasteiger partial charge is 0.0667 e. The first kappa shape index (κ1) is 12.2. The molecule has 1 saturated heterocycles. The Kier molecular flexibility index (Phi) is 3.51. The van der Waals surface area contributed by atoms with Crippen molar-refractivity contribution in [2.45, 2.75) is 6.04 Å². The lowest BCUT2D eigenvalue weighted by Gasteiger charge is -2.39. The highest BCUT2D eigenvalue weighted by Gasteiger charge is 2.24. The van der Waals surface area contributed by atoms with Gasteiger partial charge in [0.15, 0.2) is 0 Å². The van der Waals surface area contributed by atoms with Crippen molar-refractivity contribution in [1.29, 1.82) is 0 Å². The minimum absolute atomic E-state index is 0.387. The second-order valence-electron chi connectivity index (χ2n) is 4.95. The molecule has 1 N–H and O–H groups in total. The van der Waals surface area contributed by atoms with E-state index < -0.39 is 0 Å². The molecule has 97 valence electrons. The number of rotatable bonds is 2. The van der Waals surface area contributed by atoms with Crippen molar-refractivity contribution in [2.75, 3.05) is 24.5 Å². The van der Waals surface area contributed by atoms with Crippen molar-refractivity contribution in [3.63, 3.8) is 0 Å². The Morgan fingerprint density at radius 2 is 1.74 bits per heavy atom. The molecular formula is C17H19N2. The van der Waals surface area contributed by atoms with Crippen molar-refractivity contribution in [3.8, 4) is 0 Å². The fourth-order valence-corrected chi connectivity index (χ4v) is 2.76. The molecule has 0 saturated carbocycles. The number of hydrogen-bond donors (Lipinski definition) is 1. The number of hydrogen-bond acceptors (Lipinski definition) is 2. The van der Waals surface area contributed by atoms with E-state index in [2.05, 4.69) is 65.7 Å². The summed E-state index contributed by atoms with van der Waals surface area (Å²) >= 11 is 0. The molecule has 2 aromatic rings. The van der Waals surface area contributed by atoms with Gasteiger partial charge in [-0.1, -0.05) is 48.5 Å². The number of piperazine rings is 1. The Hall–Kier alpha value is -1.80. The monoisotopic (exact) mass is 251 g/mol. The third-order valence-corrected chi connectivity index (χ3v) is 3.73. The quantitative estimate of drug-likeness (QED) is 0.882. The Balaban J connectivity index is 1.96. The Bertz CT molecular complexity index is 536. The van der Waals surface area contributed by atoms with Gasteiger partial charge in [-0.2, -0.15) is 0 Å². The molecule has 0 amide bonds. The number of nitrogens with zero attached hydrogens (tertiary/aromatic N) is 1. The maximum absolute atomic E-state index is 4.16. The molecule has 1 radical (unpaired) electrons. The van der Waals surface area contributed by atoms with E-state index in [4.69, 9.17) is 0 Å². The molecule has 2 nitrogen and oxygen atoms in total. The largest absolute Gasteiger partial charge is 0.362 e. The molecule has 0 aliphatic carbocycles. The van der Waals surface area contributed by atoms with E-state index in [1.807, 2.05) is 6.07 Å². The van der Waals surface area contributed by atoms with E-state index in [9.17, 15) is 0 Å². The lowest BCUT2D eigenvalue weighted by atomic mass is 10.0. The molecule has 1 fully saturated rings. The Morgan fingerprint density at radius 1 is 1.00 bits per heavy atom. The van der Waals surface area contributed by atoms with Gasteiger partial charge < -0.3 is 10.2 Å². The molecule has 0 bridgehead atoms. The van der Waals surface area contributed by atoms with Crippen molar-refractivity contribution in [1.82, 2.24) is 5.32 Å². The lowest BCUT2D eigenvalue weighted by Crippen LogP contribution is -2.46. The van der Waals surface area contributed by atoms with E-state index >= 15 is 0 Å². The standard InChI is InChI=1S/C17H19N2/c1-14-7-5-6-10-16(14)19-12-11-18-13-17(19)15-8-3-2-4-9-15/h2-10,17-18H,1,11-13H2. The molecular weight excluding hydrogens is 232 g/mol. The van der Waals surface area contributed by atoms with Crippen LogP contribution in [0.3, 0.4) is 0 Å². The Labute approximate surface area is 115 Å². The topological polar surface area (TPSA) is 15.3 Å². The molecule has 19 heavy (non-hydrogen) atoms. The average Bonchev–Trinajstić information content (AvgIpc) is 2.49. The van der Waals surface area contributed by atoms with E-state index in [0.717, 1.165) is 25.2 Å². The zero-order chi connectivity index (χ0) is 13.1. The van der Waals surface area contributed by atoms with Crippen LogP contribution in [0.15, 0.2) is 54.6 Å². The summed E-state index contributed by atoms with van der Waals surface area (Å²) in [6.45, 7) is 7.19. The summed E-state index contributed by atoms with van der Waals surface area (Å²) in [6.07, 6.45) is 0. The van der Waals surface area contributed by atoms with Gasteiger partial charge in [0, 0.05) is 25.3 Å². The summed E-state index contributed by atoms with van der Waals surface area (Å²) in [4.78, 5) is 2.47. The molecule has 1 unspecified atom stereocenters. The summed E-state index contributed by atoms with van der Waals surface area (Å²) in [5.74, 6) is 0. The van der Waals surface area contributed by atoms with Gasteiger partial charge in [0.1, 0.15) is 0 Å². The molecule has 2 aromatic carbocycles. The van der Waals surface area contributed by atoms with Crippen LogP contribution in [0, 0.1) is 6.92 Å². The molecule has 1 aliphatic rings. The van der Waals surface area contributed by atoms with Crippen LogP contribution in [0.4, 0.5) is 5.69 Å². The number of para-hydroxylation sites is 1. The number of nitrogens with one attached hydrogen (secondary N) is 1. The molecule has 0 aromatic heterocycles. The van der Waals surface area contributed by atoms with Crippen LogP contribution < -0.4 is 10.2 Å². The summed E-state index contributed by atoms with van der Waals surface area (Å²) in [7, 11) is 0. The summed E-state index contributed by atoms with van der Waals surface area (Å²) in [5.41, 5.74) is 3.71. The third kappa shape index (κ3) is 2.49. The van der Waals surface area contributed by atoms with Crippen LogP contribution in [-0.2, 0) is 0 Å². The summed E-state index contributed by atoms with van der Waals surface area (Å²) in [5, 5.41) is 3.49. The first-order valence-corrected chi connectivity index (χ1v) is 6.79. The van der Waals surface area contributed by atoms with Gasteiger partial charge in [-0.25, -0.2) is 0 Å². The zero-order valence-electron chi connectivity index (χ0n) is 11.0.